The Morgan fingerprint density at radius 3 is 2.13 bits per heavy atom. The Kier molecular flexibility index (Phi) is 5.56. The van der Waals surface area contributed by atoms with Gasteiger partial charge in [0.25, 0.3) is 0 Å². The molecule has 0 N–H and O–H groups in total. The van der Waals surface area contributed by atoms with E-state index in [1.807, 2.05) is 6.08 Å². The molecule has 1 atom stereocenters. The maximum Gasteiger partial charge on any atom is 0.152 e. The molecule has 0 aromatic carbocycles. The molecule has 0 bridgehead atoms. The SMILES string of the molecule is CCC(C)C=C(C=CC(C)=O)C(C)(C)C. The molecular formula is C14H24O. The average molecular weight is 208 g/mol. The highest BCUT2D eigenvalue weighted by Gasteiger charge is 2.15. The molecule has 0 spiro atoms. The van der Waals surface area contributed by atoms with Gasteiger partial charge in [-0.25, -0.2) is 0 Å². The van der Waals surface area contributed by atoms with E-state index in [0.29, 0.717) is 5.92 Å². The molecule has 0 fully saturated rings. The van der Waals surface area contributed by atoms with Crippen molar-refractivity contribution < 1.29 is 4.79 Å². The highest BCUT2D eigenvalue weighted by atomic mass is 16.1. The van der Waals surface area contributed by atoms with Crippen LogP contribution in [0.2, 0.25) is 0 Å². The van der Waals surface area contributed by atoms with Gasteiger partial charge in [0, 0.05) is 0 Å². The van der Waals surface area contributed by atoms with Crippen LogP contribution in [0.4, 0.5) is 0 Å². The molecule has 1 unspecified atom stereocenters. The predicted molar refractivity (Wildman–Crippen MR) is 66.8 cm³/mol. The third-order valence-electron chi connectivity index (χ3n) is 2.47. The molecule has 0 saturated heterocycles. The van der Waals surface area contributed by atoms with Crippen LogP contribution in [0, 0.1) is 11.3 Å². The number of rotatable bonds is 4. The smallest absolute Gasteiger partial charge is 0.152 e. The predicted octanol–water partition coefficient (Wildman–Crippen LogP) is 4.15. The van der Waals surface area contributed by atoms with Gasteiger partial charge in [-0.15, -0.1) is 0 Å². The first-order chi connectivity index (χ1) is 6.77. The zero-order valence-electron chi connectivity index (χ0n) is 10.9. The summed E-state index contributed by atoms with van der Waals surface area (Å²) in [7, 11) is 0. The highest BCUT2D eigenvalue weighted by Crippen LogP contribution is 2.28. The van der Waals surface area contributed by atoms with Crippen molar-refractivity contribution in [3.8, 4) is 0 Å². The lowest BCUT2D eigenvalue weighted by molar-refractivity contribution is -0.112. The van der Waals surface area contributed by atoms with Crippen LogP contribution in [-0.2, 0) is 4.79 Å². The molecule has 1 nitrogen and oxygen atoms in total. The summed E-state index contributed by atoms with van der Waals surface area (Å²) in [6.07, 6.45) is 7.00. The third kappa shape index (κ3) is 6.27. The Morgan fingerprint density at radius 2 is 1.80 bits per heavy atom. The van der Waals surface area contributed by atoms with Gasteiger partial charge in [0.05, 0.1) is 0 Å². The second-order valence-corrected chi connectivity index (χ2v) is 5.20. The molecule has 0 aliphatic heterocycles. The second-order valence-electron chi connectivity index (χ2n) is 5.20. The summed E-state index contributed by atoms with van der Waals surface area (Å²) in [6.45, 7) is 12.5. The van der Waals surface area contributed by atoms with Gasteiger partial charge in [-0.2, -0.15) is 0 Å². The van der Waals surface area contributed by atoms with Crippen LogP contribution in [0.5, 0.6) is 0 Å². The Hall–Kier alpha value is -0.850. The molecule has 86 valence electrons. The first-order valence-corrected chi connectivity index (χ1v) is 5.68. The number of allylic oxidation sites excluding steroid dienone is 4. The van der Waals surface area contributed by atoms with E-state index in [1.54, 1.807) is 13.0 Å². The molecule has 0 aromatic heterocycles. The van der Waals surface area contributed by atoms with E-state index in [2.05, 4.69) is 40.7 Å². The van der Waals surface area contributed by atoms with Crippen molar-refractivity contribution in [3.05, 3.63) is 23.8 Å². The first kappa shape index (κ1) is 14.2. The lowest BCUT2D eigenvalue weighted by Gasteiger charge is -2.21. The molecule has 0 aliphatic rings. The van der Waals surface area contributed by atoms with Gasteiger partial charge in [-0.1, -0.05) is 53.2 Å². The van der Waals surface area contributed by atoms with E-state index in [-0.39, 0.29) is 11.2 Å². The maximum atomic E-state index is 10.9. The average Bonchev–Trinajstić information content (AvgIpc) is 2.09. The van der Waals surface area contributed by atoms with Crippen LogP contribution in [-0.4, -0.2) is 5.78 Å². The van der Waals surface area contributed by atoms with Crippen molar-refractivity contribution in [2.75, 3.05) is 0 Å². The molecule has 0 aliphatic carbocycles. The molecule has 1 heteroatoms. The topological polar surface area (TPSA) is 17.1 Å². The zero-order chi connectivity index (χ0) is 12.1. The first-order valence-electron chi connectivity index (χ1n) is 5.68. The van der Waals surface area contributed by atoms with Crippen LogP contribution in [0.25, 0.3) is 0 Å². The fourth-order valence-corrected chi connectivity index (χ4v) is 1.19. The Bertz CT molecular complexity index is 264. The van der Waals surface area contributed by atoms with Gasteiger partial charge in [0.15, 0.2) is 5.78 Å². The normalized spacial score (nSPS) is 15.7. The summed E-state index contributed by atoms with van der Waals surface area (Å²) in [5.41, 5.74) is 1.35. The number of ketones is 1. The van der Waals surface area contributed by atoms with Crippen LogP contribution < -0.4 is 0 Å². The van der Waals surface area contributed by atoms with Crippen molar-refractivity contribution in [2.45, 2.75) is 48.0 Å². The molecule has 0 saturated carbocycles. The molecule has 15 heavy (non-hydrogen) atoms. The van der Waals surface area contributed by atoms with Crippen molar-refractivity contribution in [1.82, 2.24) is 0 Å². The van der Waals surface area contributed by atoms with E-state index in [1.165, 1.54) is 5.57 Å². The van der Waals surface area contributed by atoms with Gasteiger partial charge >= 0.3 is 0 Å². The monoisotopic (exact) mass is 208 g/mol. The number of carbonyl (C=O) groups is 1. The van der Waals surface area contributed by atoms with Gasteiger partial charge in [0.2, 0.25) is 0 Å². The summed E-state index contributed by atoms with van der Waals surface area (Å²) in [5, 5.41) is 0. The summed E-state index contributed by atoms with van der Waals surface area (Å²) in [6, 6.07) is 0. The van der Waals surface area contributed by atoms with Gasteiger partial charge in [-0.05, 0) is 29.9 Å². The third-order valence-corrected chi connectivity index (χ3v) is 2.47. The van der Waals surface area contributed by atoms with Crippen molar-refractivity contribution in [1.29, 1.82) is 0 Å². The molecule has 0 radical (unpaired) electrons. The van der Waals surface area contributed by atoms with Crippen molar-refractivity contribution in [3.63, 3.8) is 0 Å². The Labute approximate surface area is 94.3 Å². The van der Waals surface area contributed by atoms with Crippen LogP contribution in [0.3, 0.4) is 0 Å². The summed E-state index contributed by atoms with van der Waals surface area (Å²) < 4.78 is 0. The number of hydrogen-bond acceptors (Lipinski definition) is 1. The molecule has 0 amide bonds. The minimum Gasteiger partial charge on any atom is -0.295 e. The van der Waals surface area contributed by atoms with Gasteiger partial charge < -0.3 is 0 Å². The highest BCUT2D eigenvalue weighted by molar-refractivity contribution is 5.87. The zero-order valence-corrected chi connectivity index (χ0v) is 10.9. The number of carbonyl (C=O) groups excluding carboxylic acids is 1. The lowest BCUT2D eigenvalue weighted by atomic mass is 9.84. The van der Waals surface area contributed by atoms with Crippen LogP contribution in [0.15, 0.2) is 23.8 Å². The second kappa shape index (κ2) is 5.89. The quantitative estimate of drug-likeness (QED) is 0.501. The molecular weight excluding hydrogens is 184 g/mol. The number of hydrogen-bond donors (Lipinski definition) is 0. The lowest BCUT2D eigenvalue weighted by Crippen LogP contribution is -2.09. The standard InChI is InChI=1S/C14H24O/c1-7-11(2)10-13(14(4,5)6)9-8-12(3)15/h8-11H,7H2,1-6H3. The molecule has 0 aromatic rings. The Balaban J connectivity index is 4.91. The van der Waals surface area contributed by atoms with E-state index < -0.39 is 0 Å². The maximum absolute atomic E-state index is 10.9. The van der Waals surface area contributed by atoms with Gasteiger partial charge in [-0.3, -0.25) is 4.79 Å². The summed E-state index contributed by atoms with van der Waals surface area (Å²) in [5.74, 6) is 0.671. The minimum absolute atomic E-state index is 0.106. The van der Waals surface area contributed by atoms with Crippen LogP contribution >= 0.6 is 0 Å². The fraction of sp³-hybridized carbons (Fsp3) is 0.643. The van der Waals surface area contributed by atoms with Crippen molar-refractivity contribution >= 4 is 5.78 Å². The van der Waals surface area contributed by atoms with Gasteiger partial charge in [0.1, 0.15) is 0 Å². The van der Waals surface area contributed by atoms with E-state index in [4.69, 9.17) is 0 Å². The van der Waals surface area contributed by atoms with E-state index in [0.717, 1.165) is 6.42 Å². The summed E-state index contributed by atoms with van der Waals surface area (Å²) >= 11 is 0. The molecule has 0 heterocycles. The van der Waals surface area contributed by atoms with Crippen molar-refractivity contribution in [2.24, 2.45) is 11.3 Å². The largest absolute Gasteiger partial charge is 0.295 e. The minimum atomic E-state index is 0.106. The van der Waals surface area contributed by atoms with E-state index >= 15 is 0 Å². The van der Waals surface area contributed by atoms with E-state index in [9.17, 15) is 4.79 Å². The Morgan fingerprint density at radius 1 is 1.27 bits per heavy atom. The summed E-state index contributed by atoms with van der Waals surface area (Å²) in [4.78, 5) is 10.9. The molecule has 0 rings (SSSR count). The fourth-order valence-electron chi connectivity index (χ4n) is 1.19. The van der Waals surface area contributed by atoms with Crippen LogP contribution in [0.1, 0.15) is 48.0 Å².